The number of hydrogen-bond donors (Lipinski definition) is 3. The number of rotatable bonds is 10. The van der Waals surface area contributed by atoms with E-state index >= 15 is 0 Å². The van der Waals surface area contributed by atoms with Crippen molar-refractivity contribution in [3.05, 3.63) is 35.9 Å². The number of aliphatic hydroxyl groups excluding tert-OH is 1. The van der Waals surface area contributed by atoms with E-state index in [2.05, 4.69) is 10.8 Å². The largest absolute Gasteiger partial charge is 0.443 e. The van der Waals surface area contributed by atoms with Gasteiger partial charge in [-0.05, 0) is 39.2 Å². The minimum Gasteiger partial charge on any atom is -0.443 e. The van der Waals surface area contributed by atoms with Crippen LogP contribution in [0.15, 0.2) is 30.3 Å². The van der Waals surface area contributed by atoms with Gasteiger partial charge in [0.2, 0.25) is 0 Å². The van der Waals surface area contributed by atoms with Gasteiger partial charge in [-0.25, -0.2) is 4.79 Å². The molecule has 0 spiro atoms. The number of benzene rings is 1. The van der Waals surface area contributed by atoms with Crippen molar-refractivity contribution >= 4 is 6.09 Å². The molecule has 0 aliphatic heterocycles. The lowest BCUT2D eigenvalue weighted by Gasteiger charge is -2.27. The molecule has 2 atom stereocenters. The quantitative estimate of drug-likeness (QED) is 0.554. The number of nitrogens with one attached hydrogen (secondary N) is 2. The Morgan fingerprint density at radius 2 is 1.77 bits per heavy atom. The van der Waals surface area contributed by atoms with Crippen molar-refractivity contribution in [3.63, 3.8) is 0 Å². The molecule has 6 nitrogen and oxygen atoms in total. The number of aliphatic hydroxyl groups is 1. The third-order valence-electron chi connectivity index (χ3n) is 3.90. The Balaban J connectivity index is 2.68. The first-order valence-corrected chi connectivity index (χ1v) is 9.34. The van der Waals surface area contributed by atoms with Gasteiger partial charge in [0, 0.05) is 12.0 Å². The topological polar surface area (TPSA) is 79.8 Å². The summed E-state index contributed by atoms with van der Waals surface area (Å²) < 4.78 is 5.51. The maximum atomic E-state index is 12.1. The van der Waals surface area contributed by atoms with Gasteiger partial charge in [-0.2, -0.15) is 5.48 Å². The predicted octanol–water partition coefficient (Wildman–Crippen LogP) is 3.19. The molecule has 0 heterocycles. The summed E-state index contributed by atoms with van der Waals surface area (Å²) in [6.07, 6.45) is 0.174. The monoisotopic (exact) mass is 366 g/mol. The van der Waals surface area contributed by atoms with Crippen LogP contribution in [0.25, 0.3) is 0 Å². The first-order chi connectivity index (χ1) is 12.2. The first-order valence-electron chi connectivity index (χ1n) is 9.34. The van der Waals surface area contributed by atoms with Crippen LogP contribution in [-0.2, 0) is 16.0 Å². The second-order valence-electron chi connectivity index (χ2n) is 7.48. The summed E-state index contributed by atoms with van der Waals surface area (Å²) >= 11 is 0. The SMILES string of the molecule is CCC(CC)ONCC(O)C(Cc1ccccc1)OC(=O)NC(C)(C)C. The van der Waals surface area contributed by atoms with Crippen LogP contribution in [-0.4, -0.2) is 41.6 Å². The van der Waals surface area contributed by atoms with Gasteiger partial charge in [0.1, 0.15) is 12.2 Å². The summed E-state index contributed by atoms with van der Waals surface area (Å²) in [5, 5.41) is 13.3. The number of ether oxygens (including phenoxy) is 1. The van der Waals surface area contributed by atoms with E-state index in [1.54, 1.807) is 0 Å². The molecule has 0 aliphatic rings. The molecular formula is C20H34N2O4. The third-order valence-corrected chi connectivity index (χ3v) is 3.90. The number of alkyl carbamates (subject to hydrolysis) is 1. The molecular weight excluding hydrogens is 332 g/mol. The van der Waals surface area contributed by atoms with Crippen LogP contribution in [0, 0.1) is 0 Å². The van der Waals surface area contributed by atoms with E-state index < -0.39 is 23.8 Å². The molecule has 0 saturated heterocycles. The van der Waals surface area contributed by atoms with Crippen LogP contribution in [0.4, 0.5) is 4.79 Å². The van der Waals surface area contributed by atoms with Crippen LogP contribution in [0.3, 0.4) is 0 Å². The number of carbonyl (C=O) groups is 1. The lowest BCUT2D eigenvalue weighted by atomic mass is 10.0. The van der Waals surface area contributed by atoms with Gasteiger partial charge in [-0.1, -0.05) is 44.2 Å². The lowest BCUT2D eigenvalue weighted by Crippen LogP contribution is -2.46. The molecule has 0 fully saturated rings. The fraction of sp³-hybridized carbons (Fsp3) is 0.650. The first kappa shape index (κ1) is 22.4. The molecule has 1 amide bonds. The van der Waals surface area contributed by atoms with Gasteiger partial charge in [-0.15, -0.1) is 0 Å². The Kier molecular flexibility index (Phi) is 9.62. The predicted molar refractivity (Wildman–Crippen MR) is 103 cm³/mol. The highest BCUT2D eigenvalue weighted by Crippen LogP contribution is 2.11. The van der Waals surface area contributed by atoms with Crippen molar-refractivity contribution in [3.8, 4) is 0 Å². The van der Waals surface area contributed by atoms with Crippen molar-refractivity contribution in [2.45, 2.75) is 77.7 Å². The molecule has 6 heteroatoms. The molecule has 148 valence electrons. The minimum absolute atomic E-state index is 0.0971. The summed E-state index contributed by atoms with van der Waals surface area (Å²) in [5.74, 6) is 0. The van der Waals surface area contributed by atoms with Crippen LogP contribution >= 0.6 is 0 Å². The Bertz CT molecular complexity index is 512. The summed E-state index contributed by atoms with van der Waals surface area (Å²) in [4.78, 5) is 17.7. The normalized spacial score (nSPS) is 14.1. The molecule has 2 unspecified atom stereocenters. The zero-order chi connectivity index (χ0) is 19.6. The second kappa shape index (κ2) is 11.2. The standard InChI is InChI=1S/C20H34N2O4/c1-6-16(7-2)26-21-14-17(23)18(13-15-11-9-8-10-12-15)25-19(24)22-20(3,4)5/h8-12,16-18,21,23H,6-7,13-14H2,1-5H3,(H,22,24). The fourth-order valence-electron chi connectivity index (χ4n) is 2.41. The zero-order valence-corrected chi connectivity index (χ0v) is 16.6. The van der Waals surface area contributed by atoms with Gasteiger partial charge >= 0.3 is 6.09 Å². The van der Waals surface area contributed by atoms with Crippen molar-refractivity contribution in [1.29, 1.82) is 0 Å². The highest BCUT2D eigenvalue weighted by Gasteiger charge is 2.26. The van der Waals surface area contributed by atoms with Gasteiger partial charge in [0.25, 0.3) is 0 Å². The number of carbonyl (C=O) groups excluding carboxylic acids is 1. The average Bonchev–Trinajstić information content (AvgIpc) is 2.57. The number of amides is 1. The minimum atomic E-state index is -0.893. The lowest BCUT2D eigenvalue weighted by molar-refractivity contribution is -0.0651. The molecule has 26 heavy (non-hydrogen) atoms. The van der Waals surface area contributed by atoms with Crippen LogP contribution in [0.2, 0.25) is 0 Å². The van der Waals surface area contributed by atoms with Crippen molar-refractivity contribution < 1.29 is 19.5 Å². The fourth-order valence-corrected chi connectivity index (χ4v) is 2.41. The molecule has 1 aromatic rings. The van der Waals surface area contributed by atoms with E-state index in [9.17, 15) is 9.90 Å². The summed E-state index contributed by atoms with van der Waals surface area (Å²) in [6, 6.07) is 9.65. The van der Waals surface area contributed by atoms with E-state index in [1.165, 1.54) is 0 Å². The Morgan fingerprint density at radius 3 is 2.31 bits per heavy atom. The number of hydrogen-bond acceptors (Lipinski definition) is 5. The molecule has 0 bridgehead atoms. The number of hydroxylamine groups is 1. The summed E-state index contributed by atoms with van der Waals surface area (Å²) in [5.41, 5.74) is 3.39. The second-order valence-corrected chi connectivity index (χ2v) is 7.48. The van der Waals surface area contributed by atoms with Crippen LogP contribution < -0.4 is 10.8 Å². The van der Waals surface area contributed by atoms with Crippen molar-refractivity contribution in [2.75, 3.05) is 6.54 Å². The smallest absolute Gasteiger partial charge is 0.407 e. The van der Waals surface area contributed by atoms with E-state index in [0.717, 1.165) is 18.4 Å². The molecule has 0 aliphatic carbocycles. The van der Waals surface area contributed by atoms with Crippen LogP contribution in [0.1, 0.15) is 53.0 Å². The third kappa shape index (κ3) is 9.17. The van der Waals surface area contributed by atoms with Crippen molar-refractivity contribution in [1.82, 2.24) is 10.8 Å². The highest BCUT2D eigenvalue weighted by molar-refractivity contribution is 5.68. The van der Waals surface area contributed by atoms with E-state index in [1.807, 2.05) is 65.0 Å². The zero-order valence-electron chi connectivity index (χ0n) is 16.6. The Labute approximate surface area is 157 Å². The van der Waals surface area contributed by atoms with Gasteiger partial charge in [0.05, 0.1) is 12.6 Å². The van der Waals surface area contributed by atoms with Crippen molar-refractivity contribution in [2.24, 2.45) is 0 Å². The van der Waals surface area contributed by atoms with E-state index in [0.29, 0.717) is 6.42 Å². The van der Waals surface area contributed by atoms with Gasteiger partial charge in [0.15, 0.2) is 0 Å². The molecule has 0 radical (unpaired) electrons. The average molecular weight is 367 g/mol. The van der Waals surface area contributed by atoms with Crippen LogP contribution in [0.5, 0.6) is 0 Å². The van der Waals surface area contributed by atoms with Gasteiger partial charge < -0.3 is 15.2 Å². The summed E-state index contributed by atoms with van der Waals surface area (Å²) in [7, 11) is 0. The van der Waals surface area contributed by atoms with E-state index in [4.69, 9.17) is 9.57 Å². The molecule has 3 N–H and O–H groups in total. The summed E-state index contributed by atoms with van der Waals surface area (Å²) in [6.45, 7) is 9.90. The maximum absolute atomic E-state index is 12.1. The molecule has 0 saturated carbocycles. The molecule has 1 rings (SSSR count). The Hall–Kier alpha value is -1.63. The molecule has 0 aromatic heterocycles. The molecule has 1 aromatic carbocycles. The highest BCUT2D eigenvalue weighted by atomic mass is 16.7. The Morgan fingerprint density at radius 1 is 1.15 bits per heavy atom. The van der Waals surface area contributed by atoms with Gasteiger partial charge in [-0.3, -0.25) is 4.84 Å². The maximum Gasteiger partial charge on any atom is 0.407 e. The van der Waals surface area contributed by atoms with E-state index in [-0.39, 0.29) is 12.6 Å².